The van der Waals surface area contributed by atoms with Crippen LogP contribution in [0.1, 0.15) is 44.9 Å². The number of carbonyl (C=O) groups is 2. The molecule has 4 fully saturated rings. The van der Waals surface area contributed by atoms with Crippen molar-refractivity contribution >= 4 is 12.1 Å². The maximum absolute atomic E-state index is 12.3. The first-order valence-electron chi connectivity index (χ1n) is 13.2. The summed E-state index contributed by atoms with van der Waals surface area (Å²) in [5, 5.41) is 8.92. The minimum absolute atomic E-state index is 0.0728. The van der Waals surface area contributed by atoms with Crippen molar-refractivity contribution in [3.05, 3.63) is 0 Å². The first-order chi connectivity index (χ1) is 16.1. The van der Waals surface area contributed by atoms with Gasteiger partial charge in [0.05, 0.1) is 13.1 Å². The Morgan fingerprint density at radius 3 is 2.18 bits per heavy atom. The number of cyclic esters (lactones) is 1. The van der Waals surface area contributed by atoms with Gasteiger partial charge >= 0.3 is 12.1 Å². The van der Waals surface area contributed by atoms with E-state index in [0.717, 1.165) is 64.7 Å². The summed E-state index contributed by atoms with van der Waals surface area (Å²) in [4.78, 5) is 34.6. The molecule has 0 bridgehead atoms. The van der Waals surface area contributed by atoms with Crippen LogP contribution in [-0.4, -0.2) is 139 Å². The fraction of sp³-hybridized carbons (Fsp3) is 0.917. The lowest BCUT2D eigenvalue weighted by Gasteiger charge is -2.40. The monoisotopic (exact) mass is 465 g/mol. The lowest BCUT2D eigenvalue weighted by molar-refractivity contribution is -0.138. The second kappa shape index (κ2) is 12.3. The summed E-state index contributed by atoms with van der Waals surface area (Å²) < 4.78 is 5.61. The number of rotatable bonds is 10. The molecule has 33 heavy (non-hydrogen) atoms. The van der Waals surface area contributed by atoms with Gasteiger partial charge in [-0.3, -0.25) is 19.5 Å². The Kier molecular flexibility index (Phi) is 9.23. The zero-order valence-corrected chi connectivity index (χ0v) is 20.2. The lowest BCUT2D eigenvalue weighted by atomic mass is 9.94. The predicted octanol–water partition coefficient (Wildman–Crippen LogP) is 1.24. The average molecular weight is 466 g/mol. The number of carbonyl (C=O) groups excluding carboxylic acids is 1. The number of ether oxygens (including phenoxy) is 1. The van der Waals surface area contributed by atoms with Crippen LogP contribution in [-0.2, 0) is 9.53 Å². The molecule has 0 aromatic rings. The number of hydrogen-bond donors (Lipinski definition) is 1. The van der Waals surface area contributed by atoms with E-state index in [4.69, 9.17) is 9.84 Å². The summed E-state index contributed by atoms with van der Waals surface area (Å²) in [6.07, 6.45) is 8.95. The van der Waals surface area contributed by atoms with Gasteiger partial charge in [0.1, 0.15) is 6.10 Å². The summed E-state index contributed by atoms with van der Waals surface area (Å²) in [6, 6.07) is 0.837. The number of hydrogen-bond acceptors (Lipinski definition) is 7. The first-order valence-corrected chi connectivity index (χ1v) is 13.2. The summed E-state index contributed by atoms with van der Waals surface area (Å²) in [5.74, 6) is -0.773. The quantitative estimate of drug-likeness (QED) is 0.483. The zero-order chi connectivity index (χ0) is 23.0. The van der Waals surface area contributed by atoms with Crippen molar-refractivity contribution in [2.24, 2.45) is 0 Å². The molecule has 1 atom stereocenters. The molecule has 1 unspecified atom stereocenters. The van der Waals surface area contributed by atoms with Gasteiger partial charge in [-0.25, -0.2) is 4.79 Å². The molecule has 9 heteroatoms. The maximum atomic E-state index is 12.3. The molecular formula is C24H43N5O4. The van der Waals surface area contributed by atoms with Crippen molar-refractivity contribution in [3.63, 3.8) is 0 Å². The Labute approximate surface area is 198 Å². The number of carboxylic acids is 1. The van der Waals surface area contributed by atoms with Crippen LogP contribution in [0.4, 0.5) is 4.79 Å². The Bertz CT molecular complexity index is 628. The summed E-state index contributed by atoms with van der Waals surface area (Å²) >= 11 is 0. The highest BCUT2D eigenvalue weighted by molar-refractivity contribution is 5.70. The van der Waals surface area contributed by atoms with E-state index < -0.39 is 5.97 Å². The van der Waals surface area contributed by atoms with Crippen molar-refractivity contribution in [2.75, 3.05) is 85.1 Å². The van der Waals surface area contributed by atoms with Crippen LogP contribution in [0.25, 0.3) is 0 Å². The molecule has 4 rings (SSSR count). The number of piperazine rings is 2. The van der Waals surface area contributed by atoms with E-state index in [1.54, 1.807) is 0 Å². The van der Waals surface area contributed by atoms with Crippen LogP contribution in [0, 0.1) is 0 Å². The molecule has 188 valence electrons. The minimum Gasteiger partial charge on any atom is -0.480 e. The first kappa shape index (κ1) is 24.7. The summed E-state index contributed by atoms with van der Waals surface area (Å²) in [6.45, 7) is 11.4. The van der Waals surface area contributed by atoms with E-state index in [1.165, 1.54) is 58.3 Å². The van der Waals surface area contributed by atoms with Crippen LogP contribution in [0.3, 0.4) is 0 Å². The third kappa shape index (κ3) is 7.53. The number of carboxylic acid groups (broad SMARTS) is 1. The van der Waals surface area contributed by atoms with Gasteiger partial charge in [0.25, 0.3) is 0 Å². The van der Waals surface area contributed by atoms with Crippen LogP contribution >= 0.6 is 0 Å². The van der Waals surface area contributed by atoms with Gasteiger partial charge in [-0.2, -0.15) is 0 Å². The zero-order valence-electron chi connectivity index (χ0n) is 20.2. The molecule has 1 N–H and O–H groups in total. The third-order valence-corrected chi connectivity index (χ3v) is 7.89. The number of amides is 1. The van der Waals surface area contributed by atoms with Crippen LogP contribution < -0.4 is 0 Å². The van der Waals surface area contributed by atoms with Crippen molar-refractivity contribution in [3.8, 4) is 0 Å². The molecule has 3 heterocycles. The van der Waals surface area contributed by atoms with Gasteiger partial charge in [-0.05, 0) is 32.2 Å². The highest BCUT2D eigenvalue weighted by atomic mass is 16.6. The molecule has 4 aliphatic rings. The Balaban J connectivity index is 1.06. The standard InChI is InChI=1S/C24H43N5O4/c30-23(31)20-27-12-10-26(11-13-27)18-22-19-29(24(32)33-22)9-5-4-8-25-14-16-28(17-15-25)21-6-2-1-3-7-21/h21-22H,1-20H2,(H,30,31). The van der Waals surface area contributed by atoms with Gasteiger partial charge in [0.2, 0.25) is 0 Å². The Morgan fingerprint density at radius 1 is 0.848 bits per heavy atom. The van der Waals surface area contributed by atoms with E-state index in [2.05, 4.69) is 14.7 Å². The molecule has 1 amide bonds. The number of nitrogens with zero attached hydrogens (tertiary/aromatic N) is 5. The largest absolute Gasteiger partial charge is 0.480 e. The van der Waals surface area contributed by atoms with Gasteiger partial charge < -0.3 is 19.6 Å². The van der Waals surface area contributed by atoms with Crippen molar-refractivity contribution in [2.45, 2.75) is 57.1 Å². The molecular weight excluding hydrogens is 422 g/mol. The van der Waals surface area contributed by atoms with E-state index in [9.17, 15) is 9.59 Å². The second-order valence-corrected chi connectivity index (χ2v) is 10.3. The van der Waals surface area contributed by atoms with Crippen molar-refractivity contribution in [1.29, 1.82) is 0 Å². The maximum Gasteiger partial charge on any atom is 0.410 e. The number of aliphatic carboxylic acids is 1. The average Bonchev–Trinajstić information content (AvgIpc) is 3.17. The fourth-order valence-electron chi connectivity index (χ4n) is 5.90. The van der Waals surface area contributed by atoms with Crippen LogP contribution in [0.5, 0.6) is 0 Å². The Hall–Kier alpha value is -1.42. The molecule has 1 aliphatic carbocycles. The molecule has 0 radical (unpaired) electrons. The van der Waals surface area contributed by atoms with Crippen LogP contribution in [0.15, 0.2) is 0 Å². The highest BCUT2D eigenvalue weighted by Gasteiger charge is 2.33. The second-order valence-electron chi connectivity index (χ2n) is 10.3. The molecule has 1 saturated carbocycles. The molecule has 0 aromatic heterocycles. The van der Waals surface area contributed by atoms with Gasteiger partial charge in [0, 0.05) is 71.5 Å². The normalized spacial score (nSPS) is 27.2. The molecule has 3 aliphatic heterocycles. The minimum atomic E-state index is -0.773. The van der Waals surface area contributed by atoms with Crippen molar-refractivity contribution in [1.82, 2.24) is 24.5 Å². The predicted molar refractivity (Wildman–Crippen MR) is 126 cm³/mol. The third-order valence-electron chi connectivity index (χ3n) is 7.89. The van der Waals surface area contributed by atoms with E-state index in [1.807, 2.05) is 9.80 Å². The van der Waals surface area contributed by atoms with Gasteiger partial charge in [-0.15, -0.1) is 0 Å². The molecule has 9 nitrogen and oxygen atoms in total. The number of unbranched alkanes of at least 4 members (excludes halogenated alkanes) is 1. The topological polar surface area (TPSA) is 79.8 Å². The fourth-order valence-corrected chi connectivity index (χ4v) is 5.90. The van der Waals surface area contributed by atoms with Gasteiger partial charge in [-0.1, -0.05) is 19.3 Å². The SMILES string of the molecule is O=C(O)CN1CCN(CC2CN(CCCCN3CCN(C4CCCCC4)CC3)C(=O)O2)CC1. The van der Waals surface area contributed by atoms with Crippen LogP contribution in [0.2, 0.25) is 0 Å². The molecule has 0 spiro atoms. The Morgan fingerprint density at radius 2 is 1.48 bits per heavy atom. The lowest BCUT2D eigenvalue weighted by Crippen LogP contribution is -2.50. The summed E-state index contributed by atoms with van der Waals surface area (Å²) in [7, 11) is 0. The summed E-state index contributed by atoms with van der Waals surface area (Å²) in [5.41, 5.74) is 0. The highest BCUT2D eigenvalue weighted by Crippen LogP contribution is 2.23. The smallest absolute Gasteiger partial charge is 0.410 e. The van der Waals surface area contributed by atoms with E-state index >= 15 is 0 Å². The van der Waals surface area contributed by atoms with Crippen molar-refractivity contribution < 1.29 is 19.4 Å². The van der Waals surface area contributed by atoms with E-state index in [0.29, 0.717) is 6.54 Å². The van der Waals surface area contributed by atoms with Gasteiger partial charge in [0.15, 0.2) is 0 Å². The molecule has 3 saturated heterocycles. The molecule has 0 aromatic carbocycles. The van der Waals surface area contributed by atoms with E-state index in [-0.39, 0.29) is 18.7 Å².